The minimum atomic E-state index is -0.512. The lowest BCUT2D eigenvalue weighted by atomic mass is 10.2. The van der Waals surface area contributed by atoms with Gasteiger partial charge in [-0.3, -0.25) is 10.1 Å². The monoisotopic (exact) mass is 205 g/mol. The quantitative estimate of drug-likeness (QED) is 0.560. The number of rotatable bonds is 3. The summed E-state index contributed by atoms with van der Waals surface area (Å²) >= 11 is 0. The Morgan fingerprint density at radius 3 is 2.73 bits per heavy atom. The van der Waals surface area contributed by atoms with Gasteiger partial charge in [0.2, 0.25) is 5.82 Å². The van der Waals surface area contributed by atoms with Gasteiger partial charge in [-0.2, -0.15) is 4.98 Å². The third-order valence-corrected chi connectivity index (χ3v) is 1.76. The molecule has 0 amide bonds. The first-order chi connectivity index (χ1) is 7.25. The Labute approximate surface area is 84.7 Å². The van der Waals surface area contributed by atoms with Crippen LogP contribution < -0.4 is 0 Å². The lowest BCUT2D eigenvalue weighted by molar-refractivity contribution is -0.500. The van der Waals surface area contributed by atoms with E-state index in [0.29, 0.717) is 5.82 Å². The molecule has 1 heterocycles. The summed E-state index contributed by atoms with van der Waals surface area (Å²) < 4.78 is 4.73. The topological polar surface area (TPSA) is 82.1 Å². The Hall–Kier alpha value is -2.24. The molecule has 0 saturated carbocycles. The summed E-state index contributed by atoms with van der Waals surface area (Å²) in [5, 5.41) is 13.8. The average Bonchev–Trinajstić information content (AvgIpc) is 2.67. The predicted octanol–water partition coefficient (Wildman–Crippen LogP) is 1.51. The predicted molar refractivity (Wildman–Crippen MR) is 50.4 cm³/mol. The first-order valence-electron chi connectivity index (χ1n) is 4.25. The Bertz CT molecular complexity index is 466. The van der Waals surface area contributed by atoms with Crippen LogP contribution >= 0.6 is 0 Å². The number of hydrogen-bond donors (Lipinski definition) is 0. The maximum Gasteiger partial charge on any atom is 0.298 e. The van der Waals surface area contributed by atoms with E-state index >= 15 is 0 Å². The second-order valence-electron chi connectivity index (χ2n) is 2.87. The molecule has 1 aromatic carbocycles. The first kappa shape index (κ1) is 9.32. The highest BCUT2D eigenvalue weighted by atomic mass is 16.6. The number of aromatic nitrogens is 2. The number of benzene rings is 1. The van der Waals surface area contributed by atoms with Crippen LogP contribution in [0.3, 0.4) is 0 Å². The zero-order chi connectivity index (χ0) is 10.7. The van der Waals surface area contributed by atoms with Gasteiger partial charge >= 0.3 is 0 Å². The van der Waals surface area contributed by atoms with Crippen LogP contribution in [0, 0.1) is 10.1 Å². The number of nitrogens with zero attached hydrogens (tertiary/aromatic N) is 3. The highest BCUT2D eigenvalue weighted by molar-refractivity contribution is 5.53. The van der Waals surface area contributed by atoms with E-state index in [4.69, 9.17) is 4.52 Å². The molecule has 0 aliphatic carbocycles. The molecule has 0 N–H and O–H groups in total. The molecule has 0 unspecified atom stereocenters. The molecular formula is C9H7N3O3. The molecule has 0 bridgehead atoms. The molecule has 2 rings (SSSR count). The fourth-order valence-electron chi connectivity index (χ4n) is 1.13. The van der Waals surface area contributed by atoms with Gasteiger partial charge in [0, 0.05) is 10.5 Å². The molecule has 1 aromatic heterocycles. The number of nitro groups is 1. The molecule has 2 aromatic rings. The van der Waals surface area contributed by atoms with Crippen molar-refractivity contribution in [1.29, 1.82) is 0 Å². The van der Waals surface area contributed by atoms with Gasteiger partial charge in [-0.15, -0.1) is 0 Å². The summed E-state index contributed by atoms with van der Waals surface area (Å²) in [6, 6.07) is 9.14. The summed E-state index contributed by atoms with van der Waals surface area (Å²) in [4.78, 5) is 13.6. The summed E-state index contributed by atoms with van der Waals surface area (Å²) in [5.74, 6) is 0.381. The zero-order valence-corrected chi connectivity index (χ0v) is 7.66. The van der Waals surface area contributed by atoms with Gasteiger partial charge in [0.25, 0.3) is 12.4 Å². The largest absolute Gasteiger partial charge is 0.332 e. The van der Waals surface area contributed by atoms with Crippen LogP contribution in [0.4, 0.5) is 0 Å². The highest BCUT2D eigenvalue weighted by Gasteiger charge is 2.12. The van der Waals surface area contributed by atoms with Gasteiger partial charge in [-0.05, 0) is 0 Å². The molecule has 0 aliphatic rings. The molecule has 0 atom stereocenters. The van der Waals surface area contributed by atoms with Crippen LogP contribution in [0.15, 0.2) is 34.9 Å². The molecule has 0 spiro atoms. The van der Waals surface area contributed by atoms with Crippen LogP contribution in [0.2, 0.25) is 0 Å². The molecule has 6 nitrogen and oxygen atoms in total. The van der Waals surface area contributed by atoms with Gasteiger partial charge in [0.15, 0.2) is 0 Å². The van der Waals surface area contributed by atoms with Gasteiger partial charge in [0.05, 0.1) is 0 Å². The van der Waals surface area contributed by atoms with Gasteiger partial charge in [-0.1, -0.05) is 35.5 Å². The van der Waals surface area contributed by atoms with Crippen LogP contribution in [0.1, 0.15) is 5.89 Å². The Kier molecular flexibility index (Phi) is 2.40. The van der Waals surface area contributed by atoms with E-state index in [1.54, 1.807) is 12.1 Å². The maximum absolute atomic E-state index is 10.2. The van der Waals surface area contributed by atoms with Crippen molar-refractivity contribution in [3.05, 3.63) is 46.3 Å². The van der Waals surface area contributed by atoms with Crippen molar-refractivity contribution in [3.8, 4) is 11.4 Å². The van der Waals surface area contributed by atoms with Gasteiger partial charge in [-0.25, -0.2) is 0 Å². The van der Waals surface area contributed by atoms with E-state index < -0.39 is 11.5 Å². The van der Waals surface area contributed by atoms with Crippen LogP contribution in [0.25, 0.3) is 11.4 Å². The van der Waals surface area contributed by atoms with Gasteiger partial charge in [0.1, 0.15) is 0 Å². The fraction of sp³-hybridized carbons (Fsp3) is 0.111. The lowest BCUT2D eigenvalue weighted by Gasteiger charge is -1.89. The molecular weight excluding hydrogens is 198 g/mol. The van der Waals surface area contributed by atoms with E-state index in [1.165, 1.54) is 0 Å². The Morgan fingerprint density at radius 2 is 2.07 bits per heavy atom. The van der Waals surface area contributed by atoms with Gasteiger partial charge < -0.3 is 4.52 Å². The zero-order valence-electron chi connectivity index (χ0n) is 7.66. The van der Waals surface area contributed by atoms with Crippen LogP contribution in [-0.2, 0) is 6.54 Å². The van der Waals surface area contributed by atoms with E-state index in [0.717, 1.165) is 5.56 Å². The van der Waals surface area contributed by atoms with Crippen molar-refractivity contribution in [2.24, 2.45) is 0 Å². The molecule has 76 valence electrons. The third-order valence-electron chi connectivity index (χ3n) is 1.76. The van der Waals surface area contributed by atoms with Crippen molar-refractivity contribution >= 4 is 0 Å². The molecule has 0 fully saturated rings. The van der Waals surface area contributed by atoms with Crippen molar-refractivity contribution in [1.82, 2.24) is 10.1 Å². The molecule has 0 aliphatic heterocycles. The standard InChI is InChI=1S/C9H7N3O3/c13-12(14)6-8-10-9(11-15-8)7-4-2-1-3-5-7/h1-5H,6H2. The van der Waals surface area contributed by atoms with Crippen LogP contribution in [0.5, 0.6) is 0 Å². The Balaban J connectivity index is 2.24. The second-order valence-corrected chi connectivity index (χ2v) is 2.87. The fourth-order valence-corrected chi connectivity index (χ4v) is 1.13. The lowest BCUT2D eigenvalue weighted by Crippen LogP contribution is -1.97. The van der Waals surface area contributed by atoms with Crippen molar-refractivity contribution < 1.29 is 9.45 Å². The molecule has 15 heavy (non-hydrogen) atoms. The minimum absolute atomic E-state index is 0.0128. The van der Waals surface area contributed by atoms with E-state index in [9.17, 15) is 10.1 Å². The maximum atomic E-state index is 10.2. The SMILES string of the molecule is O=[N+]([O-])Cc1nc(-c2ccccc2)no1. The van der Waals surface area contributed by atoms with E-state index in [-0.39, 0.29) is 5.89 Å². The first-order valence-corrected chi connectivity index (χ1v) is 4.25. The Morgan fingerprint density at radius 1 is 1.33 bits per heavy atom. The van der Waals surface area contributed by atoms with Crippen molar-refractivity contribution in [3.63, 3.8) is 0 Å². The summed E-state index contributed by atoms with van der Waals surface area (Å²) in [7, 11) is 0. The van der Waals surface area contributed by atoms with E-state index in [1.807, 2.05) is 18.2 Å². The summed E-state index contributed by atoms with van der Waals surface area (Å²) in [6.07, 6.45) is 0. The summed E-state index contributed by atoms with van der Waals surface area (Å²) in [5.41, 5.74) is 0.774. The van der Waals surface area contributed by atoms with E-state index in [2.05, 4.69) is 10.1 Å². The normalized spacial score (nSPS) is 10.1. The van der Waals surface area contributed by atoms with Crippen molar-refractivity contribution in [2.45, 2.75) is 6.54 Å². The minimum Gasteiger partial charge on any atom is -0.332 e. The highest BCUT2D eigenvalue weighted by Crippen LogP contribution is 2.14. The average molecular weight is 205 g/mol. The molecule has 6 heteroatoms. The molecule has 0 radical (unpaired) electrons. The molecule has 0 saturated heterocycles. The second kappa shape index (κ2) is 3.87. The van der Waals surface area contributed by atoms with Crippen molar-refractivity contribution in [2.75, 3.05) is 0 Å². The summed E-state index contributed by atoms with van der Waals surface area (Å²) in [6.45, 7) is -0.445. The van der Waals surface area contributed by atoms with Crippen LogP contribution in [-0.4, -0.2) is 15.1 Å². The number of hydrogen-bond acceptors (Lipinski definition) is 5. The smallest absolute Gasteiger partial charge is 0.298 e. The third kappa shape index (κ3) is 2.16.